The van der Waals surface area contributed by atoms with Gasteiger partial charge in [-0.1, -0.05) is 11.6 Å². The van der Waals surface area contributed by atoms with Gasteiger partial charge < -0.3 is 4.42 Å². The van der Waals surface area contributed by atoms with E-state index in [4.69, 9.17) is 4.42 Å². The molecule has 0 aromatic carbocycles. The molecule has 1 nitrogen and oxygen atoms in total. The van der Waals surface area contributed by atoms with Crippen molar-refractivity contribution in [1.82, 2.24) is 0 Å². The van der Waals surface area contributed by atoms with Crippen molar-refractivity contribution in [2.45, 2.75) is 20.3 Å². The van der Waals surface area contributed by atoms with Crippen LogP contribution in [0.25, 0.3) is 5.57 Å². The van der Waals surface area contributed by atoms with Gasteiger partial charge in [-0.2, -0.15) is 0 Å². The summed E-state index contributed by atoms with van der Waals surface area (Å²) in [6.07, 6.45) is 5.02. The van der Waals surface area contributed by atoms with Crippen molar-refractivity contribution in [3.8, 4) is 0 Å². The number of hydrogen-bond donors (Lipinski definition) is 0. The van der Waals surface area contributed by atoms with E-state index in [2.05, 4.69) is 19.9 Å². The van der Waals surface area contributed by atoms with Gasteiger partial charge in [0.1, 0.15) is 5.76 Å². The molecule has 2 rings (SSSR count). The number of allylic oxidation sites excluding steroid dienone is 4. The van der Waals surface area contributed by atoms with Gasteiger partial charge in [0, 0.05) is 5.57 Å². The summed E-state index contributed by atoms with van der Waals surface area (Å²) < 4.78 is 5.33. The Hall–Kier alpha value is -1.24. The minimum Gasteiger partial charge on any atom is -0.464 e. The molecule has 62 valence electrons. The van der Waals surface area contributed by atoms with Crippen molar-refractivity contribution >= 4 is 5.57 Å². The molecule has 1 aliphatic rings. The maximum Gasteiger partial charge on any atom is 0.133 e. The Morgan fingerprint density at radius 1 is 1.33 bits per heavy atom. The second kappa shape index (κ2) is 2.67. The smallest absolute Gasteiger partial charge is 0.133 e. The third-order valence-corrected chi connectivity index (χ3v) is 2.44. The molecule has 0 fully saturated rings. The first-order chi connectivity index (χ1) is 5.79. The van der Waals surface area contributed by atoms with Crippen LogP contribution in [0.4, 0.5) is 0 Å². The molecular weight excluding hydrogens is 148 g/mol. The Labute approximate surface area is 72.4 Å². The summed E-state index contributed by atoms with van der Waals surface area (Å²) in [6, 6.07) is 3.94. The normalized spacial score (nSPS) is 17.0. The average molecular weight is 160 g/mol. The highest BCUT2D eigenvalue weighted by molar-refractivity contribution is 5.79. The lowest BCUT2D eigenvalue weighted by Gasteiger charge is -1.99. The molecule has 0 saturated carbocycles. The van der Waals surface area contributed by atoms with Gasteiger partial charge in [-0.15, -0.1) is 0 Å². The summed E-state index contributed by atoms with van der Waals surface area (Å²) in [5.74, 6) is 0.990. The van der Waals surface area contributed by atoms with Crippen LogP contribution in [0.15, 0.2) is 40.0 Å². The van der Waals surface area contributed by atoms with Gasteiger partial charge in [0.2, 0.25) is 0 Å². The van der Waals surface area contributed by atoms with E-state index in [0.29, 0.717) is 0 Å². The van der Waals surface area contributed by atoms with Crippen molar-refractivity contribution in [2.24, 2.45) is 0 Å². The van der Waals surface area contributed by atoms with Crippen molar-refractivity contribution in [3.63, 3.8) is 0 Å². The third-order valence-electron chi connectivity index (χ3n) is 2.44. The van der Waals surface area contributed by atoms with Gasteiger partial charge in [-0.3, -0.25) is 0 Å². The first-order valence-electron chi connectivity index (χ1n) is 4.20. The Morgan fingerprint density at radius 2 is 2.17 bits per heavy atom. The second-order valence-corrected chi connectivity index (χ2v) is 3.20. The van der Waals surface area contributed by atoms with Gasteiger partial charge >= 0.3 is 0 Å². The molecule has 1 heterocycles. The maximum absolute atomic E-state index is 5.33. The zero-order valence-electron chi connectivity index (χ0n) is 7.42. The summed E-state index contributed by atoms with van der Waals surface area (Å²) in [6.45, 7) is 4.32. The summed E-state index contributed by atoms with van der Waals surface area (Å²) in [5.41, 5.74) is 4.07. The van der Waals surface area contributed by atoms with Crippen molar-refractivity contribution in [3.05, 3.63) is 41.4 Å². The zero-order valence-corrected chi connectivity index (χ0v) is 7.42. The van der Waals surface area contributed by atoms with E-state index in [-0.39, 0.29) is 0 Å². The molecule has 0 spiro atoms. The van der Waals surface area contributed by atoms with E-state index in [1.807, 2.05) is 12.1 Å². The van der Waals surface area contributed by atoms with Gasteiger partial charge in [0.05, 0.1) is 6.26 Å². The van der Waals surface area contributed by atoms with Crippen molar-refractivity contribution in [1.29, 1.82) is 0 Å². The summed E-state index contributed by atoms with van der Waals surface area (Å²) >= 11 is 0. The van der Waals surface area contributed by atoms with Crippen LogP contribution in [-0.2, 0) is 0 Å². The van der Waals surface area contributed by atoms with E-state index in [0.717, 1.165) is 12.2 Å². The zero-order chi connectivity index (χ0) is 8.55. The van der Waals surface area contributed by atoms with Crippen LogP contribution in [0.1, 0.15) is 26.0 Å². The largest absolute Gasteiger partial charge is 0.464 e. The molecule has 1 aliphatic carbocycles. The van der Waals surface area contributed by atoms with E-state index in [1.54, 1.807) is 6.26 Å². The Morgan fingerprint density at radius 3 is 2.67 bits per heavy atom. The quantitative estimate of drug-likeness (QED) is 0.613. The van der Waals surface area contributed by atoms with Crippen LogP contribution < -0.4 is 0 Å². The predicted octanol–water partition coefficient (Wildman–Crippen LogP) is 3.40. The van der Waals surface area contributed by atoms with Crippen LogP contribution in [-0.4, -0.2) is 0 Å². The first kappa shape index (κ1) is 7.41. The van der Waals surface area contributed by atoms with Gasteiger partial charge in [-0.05, 0) is 38.0 Å². The lowest BCUT2D eigenvalue weighted by Crippen LogP contribution is -1.79. The number of rotatable bonds is 1. The molecule has 0 bridgehead atoms. The van der Waals surface area contributed by atoms with E-state index >= 15 is 0 Å². The highest BCUT2D eigenvalue weighted by atomic mass is 16.3. The monoisotopic (exact) mass is 160 g/mol. The predicted molar refractivity (Wildman–Crippen MR) is 49.7 cm³/mol. The van der Waals surface area contributed by atoms with Crippen LogP contribution in [0.2, 0.25) is 0 Å². The molecule has 0 unspecified atom stereocenters. The molecule has 0 amide bonds. The van der Waals surface area contributed by atoms with Gasteiger partial charge in [0.25, 0.3) is 0 Å². The fourth-order valence-electron chi connectivity index (χ4n) is 1.51. The van der Waals surface area contributed by atoms with E-state index < -0.39 is 0 Å². The Balaban J connectivity index is 2.40. The maximum atomic E-state index is 5.33. The van der Waals surface area contributed by atoms with Gasteiger partial charge in [0.15, 0.2) is 0 Å². The minimum absolute atomic E-state index is 0.990. The second-order valence-electron chi connectivity index (χ2n) is 3.20. The molecule has 0 radical (unpaired) electrons. The minimum atomic E-state index is 0.990. The van der Waals surface area contributed by atoms with Crippen LogP contribution in [0.3, 0.4) is 0 Å². The van der Waals surface area contributed by atoms with Crippen molar-refractivity contribution < 1.29 is 4.42 Å². The van der Waals surface area contributed by atoms with Crippen LogP contribution in [0.5, 0.6) is 0 Å². The first-order valence-corrected chi connectivity index (χ1v) is 4.20. The van der Waals surface area contributed by atoms with Crippen molar-refractivity contribution in [2.75, 3.05) is 0 Å². The molecule has 0 saturated heterocycles. The lowest BCUT2D eigenvalue weighted by molar-refractivity contribution is 0.553. The third kappa shape index (κ3) is 1.02. The average Bonchev–Trinajstić information content (AvgIpc) is 2.64. The molecule has 1 heteroatoms. The highest BCUT2D eigenvalue weighted by Crippen LogP contribution is 2.32. The number of furan rings is 1. The highest BCUT2D eigenvalue weighted by Gasteiger charge is 2.13. The topological polar surface area (TPSA) is 13.1 Å². The van der Waals surface area contributed by atoms with E-state index in [1.165, 1.54) is 16.7 Å². The molecule has 0 aliphatic heterocycles. The lowest BCUT2D eigenvalue weighted by atomic mass is 10.1. The van der Waals surface area contributed by atoms with Crippen LogP contribution in [0, 0.1) is 0 Å². The fraction of sp³-hybridized carbons (Fsp3) is 0.273. The summed E-state index contributed by atoms with van der Waals surface area (Å²) in [7, 11) is 0. The summed E-state index contributed by atoms with van der Waals surface area (Å²) in [4.78, 5) is 0. The SMILES string of the molecule is CC1=C(C)C(c2ccco2)=CC1. The molecule has 1 aromatic rings. The molecule has 12 heavy (non-hydrogen) atoms. The molecule has 1 aromatic heterocycles. The molecule has 0 atom stereocenters. The summed E-state index contributed by atoms with van der Waals surface area (Å²) in [5, 5.41) is 0. The Kier molecular flexibility index (Phi) is 1.65. The number of hydrogen-bond acceptors (Lipinski definition) is 1. The van der Waals surface area contributed by atoms with Gasteiger partial charge in [-0.25, -0.2) is 0 Å². The molecule has 0 N–H and O–H groups in total. The molecular formula is C11H12O. The van der Waals surface area contributed by atoms with Crippen LogP contribution >= 0.6 is 0 Å². The fourth-order valence-corrected chi connectivity index (χ4v) is 1.51. The standard InChI is InChI=1S/C11H12O/c1-8-5-6-10(9(8)2)11-4-3-7-12-11/h3-4,6-7H,5H2,1-2H3. The Bertz CT molecular complexity index is 339. The van der Waals surface area contributed by atoms with E-state index in [9.17, 15) is 0 Å².